The van der Waals surface area contributed by atoms with E-state index in [0.29, 0.717) is 5.02 Å². The van der Waals surface area contributed by atoms with Crippen LogP contribution in [0.3, 0.4) is 0 Å². The van der Waals surface area contributed by atoms with Crippen LogP contribution in [0, 0.1) is 0 Å². The Hall–Kier alpha value is -0.600. The maximum atomic E-state index is 5.86. The van der Waals surface area contributed by atoms with Crippen LogP contribution in [-0.2, 0) is 0 Å². The molecule has 3 heteroatoms. The molecule has 0 aliphatic heterocycles. The summed E-state index contributed by atoms with van der Waals surface area (Å²) in [4.78, 5) is 3.87. The minimum Gasteiger partial charge on any atom is -0.324 e. The maximum absolute atomic E-state index is 5.86. The molecular formula is C8H11ClN2. The summed E-state index contributed by atoms with van der Waals surface area (Å²) in [5, 5.41) is 0.654. The first kappa shape index (κ1) is 8.50. The van der Waals surface area contributed by atoms with Gasteiger partial charge in [0.1, 0.15) is 0 Å². The van der Waals surface area contributed by atoms with Crippen LogP contribution >= 0.6 is 11.6 Å². The van der Waals surface area contributed by atoms with E-state index in [1.165, 1.54) is 0 Å². The molecule has 1 rings (SSSR count). The van der Waals surface area contributed by atoms with Crippen LogP contribution in [0.5, 0.6) is 0 Å². The van der Waals surface area contributed by atoms with Gasteiger partial charge in [-0.25, -0.2) is 0 Å². The summed E-state index contributed by atoms with van der Waals surface area (Å²) >= 11 is 5.86. The SMILES string of the molecule is CC[C@@H](N)c1ccncc1Cl. The number of nitrogens with two attached hydrogens (primary N) is 1. The van der Waals surface area contributed by atoms with Gasteiger partial charge in [0.2, 0.25) is 0 Å². The van der Waals surface area contributed by atoms with Gasteiger partial charge >= 0.3 is 0 Å². The van der Waals surface area contributed by atoms with Crippen LogP contribution in [0.2, 0.25) is 5.02 Å². The molecule has 0 aliphatic rings. The topological polar surface area (TPSA) is 38.9 Å². The number of hydrogen-bond acceptors (Lipinski definition) is 2. The lowest BCUT2D eigenvalue weighted by Gasteiger charge is -2.09. The monoisotopic (exact) mass is 170 g/mol. The second-order valence-electron chi connectivity index (χ2n) is 2.41. The molecule has 0 fully saturated rings. The molecule has 2 nitrogen and oxygen atoms in total. The van der Waals surface area contributed by atoms with E-state index in [9.17, 15) is 0 Å². The van der Waals surface area contributed by atoms with Gasteiger partial charge in [0, 0.05) is 18.4 Å². The largest absolute Gasteiger partial charge is 0.324 e. The molecule has 1 atom stereocenters. The molecular weight excluding hydrogens is 160 g/mol. The first-order valence-electron chi connectivity index (χ1n) is 3.60. The van der Waals surface area contributed by atoms with Gasteiger partial charge in [0.15, 0.2) is 0 Å². The van der Waals surface area contributed by atoms with Gasteiger partial charge in [-0.2, -0.15) is 0 Å². The van der Waals surface area contributed by atoms with E-state index in [-0.39, 0.29) is 6.04 Å². The Morgan fingerprint density at radius 3 is 3.00 bits per heavy atom. The number of nitrogens with zero attached hydrogens (tertiary/aromatic N) is 1. The van der Waals surface area contributed by atoms with Gasteiger partial charge < -0.3 is 5.73 Å². The van der Waals surface area contributed by atoms with Crippen LogP contribution in [0.25, 0.3) is 0 Å². The van der Waals surface area contributed by atoms with Gasteiger partial charge in [0.05, 0.1) is 5.02 Å². The molecule has 0 aliphatic carbocycles. The minimum atomic E-state index is 0.0329. The molecule has 1 aromatic heterocycles. The van der Waals surface area contributed by atoms with Crippen molar-refractivity contribution < 1.29 is 0 Å². The molecule has 1 heterocycles. The van der Waals surface area contributed by atoms with Crippen LogP contribution in [0.4, 0.5) is 0 Å². The zero-order valence-electron chi connectivity index (χ0n) is 6.42. The zero-order chi connectivity index (χ0) is 8.27. The van der Waals surface area contributed by atoms with Crippen molar-refractivity contribution in [3.8, 4) is 0 Å². The molecule has 0 saturated carbocycles. The Kier molecular flexibility index (Phi) is 2.85. The smallest absolute Gasteiger partial charge is 0.0637 e. The molecule has 0 amide bonds. The molecule has 1 aromatic rings. The lowest BCUT2D eigenvalue weighted by atomic mass is 10.1. The number of halogens is 1. The third-order valence-electron chi connectivity index (χ3n) is 1.64. The Morgan fingerprint density at radius 1 is 1.73 bits per heavy atom. The normalized spacial score (nSPS) is 13.0. The van der Waals surface area contributed by atoms with Crippen LogP contribution < -0.4 is 5.73 Å². The van der Waals surface area contributed by atoms with E-state index in [0.717, 1.165) is 12.0 Å². The van der Waals surface area contributed by atoms with E-state index in [1.54, 1.807) is 12.4 Å². The average Bonchev–Trinajstić information content (AvgIpc) is 2.04. The first-order chi connectivity index (χ1) is 5.25. The molecule has 60 valence electrons. The van der Waals surface area contributed by atoms with Crippen molar-refractivity contribution in [2.45, 2.75) is 19.4 Å². The quantitative estimate of drug-likeness (QED) is 0.739. The number of pyridine rings is 1. The minimum absolute atomic E-state index is 0.0329. The maximum Gasteiger partial charge on any atom is 0.0637 e. The van der Waals surface area contributed by atoms with Crippen LogP contribution in [0.15, 0.2) is 18.5 Å². The highest BCUT2D eigenvalue weighted by molar-refractivity contribution is 6.31. The second-order valence-corrected chi connectivity index (χ2v) is 2.82. The van der Waals surface area contributed by atoms with E-state index >= 15 is 0 Å². The average molecular weight is 171 g/mol. The Labute approximate surface area is 71.4 Å². The number of aromatic nitrogens is 1. The summed E-state index contributed by atoms with van der Waals surface area (Å²) in [6, 6.07) is 1.89. The van der Waals surface area contributed by atoms with Crippen molar-refractivity contribution in [1.82, 2.24) is 4.98 Å². The summed E-state index contributed by atoms with van der Waals surface area (Å²) < 4.78 is 0. The van der Waals surface area contributed by atoms with E-state index < -0.39 is 0 Å². The molecule has 0 unspecified atom stereocenters. The molecule has 0 saturated heterocycles. The predicted octanol–water partition coefficient (Wildman–Crippen LogP) is 2.14. The van der Waals surface area contributed by atoms with Crippen molar-refractivity contribution in [2.75, 3.05) is 0 Å². The van der Waals surface area contributed by atoms with Gasteiger partial charge in [-0.15, -0.1) is 0 Å². The van der Waals surface area contributed by atoms with E-state index in [2.05, 4.69) is 4.98 Å². The highest BCUT2D eigenvalue weighted by Gasteiger charge is 2.06. The summed E-state index contributed by atoms with van der Waals surface area (Å²) in [7, 11) is 0. The van der Waals surface area contributed by atoms with E-state index in [1.807, 2.05) is 13.0 Å². The van der Waals surface area contributed by atoms with Crippen molar-refractivity contribution in [3.63, 3.8) is 0 Å². The van der Waals surface area contributed by atoms with Gasteiger partial charge in [-0.3, -0.25) is 4.98 Å². The summed E-state index contributed by atoms with van der Waals surface area (Å²) in [5.74, 6) is 0. The third-order valence-corrected chi connectivity index (χ3v) is 1.96. The molecule has 0 radical (unpaired) electrons. The molecule has 0 aromatic carbocycles. The van der Waals surface area contributed by atoms with Gasteiger partial charge in [-0.05, 0) is 18.1 Å². The van der Waals surface area contributed by atoms with Crippen molar-refractivity contribution in [3.05, 3.63) is 29.0 Å². The Morgan fingerprint density at radius 2 is 2.45 bits per heavy atom. The van der Waals surface area contributed by atoms with Gasteiger partial charge in [-0.1, -0.05) is 18.5 Å². The highest BCUT2D eigenvalue weighted by Crippen LogP contribution is 2.21. The number of hydrogen-bond donors (Lipinski definition) is 1. The summed E-state index contributed by atoms with van der Waals surface area (Å²) in [5.41, 5.74) is 6.76. The molecule has 11 heavy (non-hydrogen) atoms. The predicted molar refractivity (Wildman–Crippen MR) is 46.5 cm³/mol. The lowest BCUT2D eigenvalue weighted by molar-refractivity contribution is 0.697. The Balaban J connectivity index is 2.93. The molecule has 2 N–H and O–H groups in total. The fourth-order valence-electron chi connectivity index (χ4n) is 0.907. The highest BCUT2D eigenvalue weighted by atomic mass is 35.5. The van der Waals surface area contributed by atoms with Gasteiger partial charge in [0.25, 0.3) is 0 Å². The Bertz CT molecular complexity index is 237. The second kappa shape index (κ2) is 3.69. The van der Waals surface area contributed by atoms with Crippen molar-refractivity contribution in [1.29, 1.82) is 0 Å². The summed E-state index contributed by atoms with van der Waals surface area (Å²) in [6.07, 6.45) is 4.22. The molecule has 0 bridgehead atoms. The number of rotatable bonds is 2. The molecule has 0 spiro atoms. The van der Waals surface area contributed by atoms with Crippen LogP contribution in [-0.4, -0.2) is 4.98 Å². The fourth-order valence-corrected chi connectivity index (χ4v) is 1.17. The first-order valence-corrected chi connectivity index (χ1v) is 3.98. The van der Waals surface area contributed by atoms with Crippen LogP contribution in [0.1, 0.15) is 24.9 Å². The van der Waals surface area contributed by atoms with E-state index in [4.69, 9.17) is 17.3 Å². The lowest BCUT2D eigenvalue weighted by Crippen LogP contribution is -2.09. The third kappa shape index (κ3) is 1.91. The zero-order valence-corrected chi connectivity index (χ0v) is 7.17. The standard InChI is InChI=1S/C8H11ClN2/c1-2-8(10)6-3-4-11-5-7(6)9/h3-5,8H,2,10H2,1H3/t8-/m1/s1. The summed E-state index contributed by atoms with van der Waals surface area (Å²) in [6.45, 7) is 2.03. The van der Waals surface area contributed by atoms with Crippen molar-refractivity contribution in [2.24, 2.45) is 5.73 Å². The fraction of sp³-hybridized carbons (Fsp3) is 0.375. The van der Waals surface area contributed by atoms with Crippen molar-refractivity contribution >= 4 is 11.6 Å².